The van der Waals surface area contributed by atoms with Crippen molar-refractivity contribution in [3.63, 3.8) is 0 Å². The fourth-order valence-corrected chi connectivity index (χ4v) is 5.66. The summed E-state index contributed by atoms with van der Waals surface area (Å²) >= 11 is 0. The number of nitrogens with zero attached hydrogens (tertiary/aromatic N) is 4. The van der Waals surface area contributed by atoms with E-state index in [0.717, 1.165) is 37.8 Å². The molecule has 0 radical (unpaired) electrons. The van der Waals surface area contributed by atoms with Crippen LogP contribution in [0.3, 0.4) is 0 Å². The maximum Gasteiger partial charge on any atom is 0.294 e. The van der Waals surface area contributed by atoms with Crippen molar-refractivity contribution >= 4 is 32.9 Å². The molecule has 32 heavy (non-hydrogen) atoms. The number of nitrogens with one attached hydrogen (secondary N) is 1. The summed E-state index contributed by atoms with van der Waals surface area (Å²) in [5.74, 6) is 1.08. The van der Waals surface area contributed by atoms with E-state index in [1.54, 1.807) is 12.3 Å². The summed E-state index contributed by atoms with van der Waals surface area (Å²) < 4.78 is 32.8. The van der Waals surface area contributed by atoms with Gasteiger partial charge in [0.25, 0.3) is 5.69 Å². The van der Waals surface area contributed by atoms with Gasteiger partial charge in [0.2, 0.25) is 10.0 Å². The van der Waals surface area contributed by atoms with Crippen LogP contribution in [0.4, 0.5) is 22.9 Å². The van der Waals surface area contributed by atoms with E-state index in [1.807, 2.05) is 13.0 Å². The summed E-state index contributed by atoms with van der Waals surface area (Å²) in [5, 5.41) is 14.7. The van der Waals surface area contributed by atoms with Crippen molar-refractivity contribution < 1.29 is 18.1 Å². The van der Waals surface area contributed by atoms with Crippen molar-refractivity contribution in [1.29, 1.82) is 0 Å². The number of anilines is 3. The molecule has 0 aliphatic carbocycles. The number of ether oxygens (including phenoxy) is 1. The SMILES string of the molecule is C[C@H]1CCCN(S(=O)(=O)c2ccc(Nc3ccc(N4CCOCC4)nc3)c([N+](=O)[O-])c2)C1. The Kier molecular flexibility index (Phi) is 6.58. The Morgan fingerprint density at radius 3 is 2.62 bits per heavy atom. The van der Waals surface area contributed by atoms with Crippen LogP contribution in [0, 0.1) is 16.0 Å². The van der Waals surface area contributed by atoms with Crippen molar-refractivity contribution in [3.05, 3.63) is 46.6 Å². The molecule has 0 bridgehead atoms. The molecule has 1 atom stereocenters. The molecule has 2 fully saturated rings. The van der Waals surface area contributed by atoms with Crippen LogP contribution in [0.1, 0.15) is 19.8 Å². The van der Waals surface area contributed by atoms with E-state index in [1.165, 1.54) is 16.4 Å². The number of hydrogen-bond acceptors (Lipinski definition) is 8. The molecule has 0 amide bonds. The average molecular weight is 462 g/mol. The van der Waals surface area contributed by atoms with Crippen LogP contribution in [0.2, 0.25) is 0 Å². The first-order chi connectivity index (χ1) is 15.3. The standard InChI is InChI=1S/C21H27N5O5S/c1-16-3-2-8-25(15-16)32(29,30)18-5-6-19(20(13-18)26(27)28)23-17-4-7-21(22-14-17)24-9-11-31-12-10-24/h4-7,13-14,16,23H,2-3,8-12,15H2,1H3/t16-/m0/s1. The lowest BCUT2D eigenvalue weighted by atomic mass is 10.0. The van der Waals surface area contributed by atoms with Gasteiger partial charge in [-0.15, -0.1) is 0 Å². The molecule has 0 saturated carbocycles. The highest BCUT2D eigenvalue weighted by atomic mass is 32.2. The van der Waals surface area contributed by atoms with Gasteiger partial charge in [-0.25, -0.2) is 13.4 Å². The number of piperidine rings is 1. The van der Waals surface area contributed by atoms with E-state index in [0.29, 0.717) is 32.0 Å². The van der Waals surface area contributed by atoms with Crippen LogP contribution < -0.4 is 10.2 Å². The Balaban J connectivity index is 1.55. The third kappa shape index (κ3) is 4.84. The first kappa shape index (κ1) is 22.4. The number of morpholine rings is 1. The Labute approximate surface area is 187 Å². The maximum absolute atomic E-state index is 13.0. The second-order valence-corrected chi connectivity index (χ2v) is 10.1. The largest absolute Gasteiger partial charge is 0.378 e. The molecule has 4 rings (SSSR count). The number of sulfonamides is 1. The number of rotatable bonds is 6. The number of aromatic nitrogens is 1. The summed E-state index contributed by atoms with van der Waals surface area (Å²) in [7, 11) is -3.79. The van der Waals surface area contributed by atoms with Gasteiger partial charge in [-0.2, -0.15) is 4.31 Å². The fourth-order valence-electron chi connectivity index (χ4n) is 4.04. The molecule has 1 aromatic heterocycles. The number of pyridine rings is 1. The smallest absolute Gasteiger partial charge is 0.294 e. The Hall–Kier alpha value is -2.76. The summed E-state index contributed by atoms with van der Waals surface area (Å²) in [6, 6.07) is 7.62. The lowest BCUT2D eigenvalue weighted by molar-refractivity contribution is -0.384. The quantitative estimate of drug-likeness (QED) is 0.515. The zero-order chi connectivity index (χ0) is 22.7. The minimum atomic E-state index is -3.79. The number of hydrogen-bond donors (Lipinski definition) is 1. The summed E-state index contributed by atoms with van der Waals surface area (Å²) in [4.78, 5) is 17.6. The minimum absolute atomic E-state index is 0.0651. The molecule has 172 valence electrons. The molecule has 2 aliphatic heterocycles. The van der Waals surface area contributed by atoms with Crippen molar-refractivity contribution in [3.8, 4) is 0 Å². The van der Waals surface area contributed by atoms with Gasteiger partial charge in [-0.05, 0) is 43.0 Å². The van der Waals surface area contributed by atoms with Crippen LogP contribution >= 0.6 is 0 Å². The molecule has 3 heterocycles. The average Bonchev–Trinajstić information content (AvgIpc) is 2.80. The molecule has 1 N–H and O–H groups in total. The second kappa shape index (κ2) is 9.39. The van der Waals surface area contributed by atoms with Crippen LogP contribution in [0.25, 0.3) is 0 Å². The second-order valence-electron chi connectivity index (χ2n) is 8.18. The number of nitro groups is 1. The third-order valence-electron chi connectivity index (χ3n) is 5.79. The highest BCUT2D eigenvalue weighted by Crippen LogP contribution is 2.32. The first-order valence-corrected chi connectivity index (χ1v) is 12.1. The highest BCUT2D eigenvalue weighted by Gasteiger charge is 2.30. The lowest BCUT2D eigenvalue weighted by Gasteiger charge is -2.30. The molecule has 11 heteroatoms. The van der Waals surface area contributed by atoms with E-state index in [2.05, 4.69) is 15.2 Å². The zero-order valence-electron chi connectivity index (χ0n) is 17.9. The molecule has 1 aromatic carbocycles. The molecule has 2 aliphatic rings. The van der Waals surface area contributed by atoms with E-state index in [4.69, 9.17) is 4.74 Å². The van der Waals surface area contributed by atoms with Gasteiger partial charge in [0, 0.05) is 32.2 Å². The molecule has 0 unspecified atom stereocenters. The number of nitro benzene ring substituents is 1. The summed E-state index contributed by atoms with van der Waals surface area (Å²) in [5.41, 5.74) is 0.487. The Morgan fingerprint density at radius 2 is 1.97 bits per heavy atom. The summed E-state index contributed by atoms with van der Waals surface area (Å²) in [6.07, 6.45) is 3.37. The van der Waals surface area contributed by atoms with Gasteiger partial charge in [-0.1, -0.05) is 6.92 Å². The highest BCUT2D eigenvalue weighted by molar-refractivity contribution is 7.89. The monoisotopic (exact) mass is 461 g/mol. The number of benzene rings is 1. The van der Waals surface area contributed by atoms with Crippen molar-refractivity contribution in [2.75, 3.05) is 49.6 Å². The predicted molar refractivity (Wildman–Crippen MR) is 121 cm³/mol. The molecule has 0 spiro atoms. The van der Waals surface area contributed by atoms with Gasteiger partial charge >= 0.3 is 0 Å². The molecular weight excluding hydrogens is 434 g/mol. The molecule has 2 aromatic rings. The zero-order valence-corrected chi connectivity index (χ0v) is 18.8. The normalized spacial score (nSPS) is 20.2. The molecular formula is C21H27N5O5S. The van der Waals surface area contributed by atoms with E-state index in [-0.39, 0.29) is 22.2 Å². The molecule has 10 nitrogen and oxygen atoms in total. The first-order valence-electron chi connectivity index (χ1n) is 10.7. The Bertz CT molecular complexity index is 1070. The van der Waals surface area contributed by atoms with Gasteiger partial charge in [0.1, 0.15) is 11.5 Å². The van der Waals surface area contributed by atoms with E-state index in [9.17, 15) is 18.5 Å². The van der Waals surface area contributed by atoms with Gasteiger partial charge in [-0.3, -0.25) is 10.1 Å². The van der Waals surface area contributed by atoms with Crippen LogP contribution in [0.15, 0.2) is 41.4 Å². The maximum atomic E-state index is 13.0. The van der Waals surface area contributed by atoms with Gasteiger partial charge < -0.3 is 15.0 Å². The lowest BCUT2D eigenvalue weighted by Crippen LogP contribution is -2.39. The van der Waals surface area contributed by atoms with E-state index < -0.39 is 14.9 Å². The molecule has 2 saturated heterocycles. The van der Waals surface area contributed by atoms with Crippen LogP contribution in [0.5, 0.6) is 0 Å². The van der Waals surface area contributed by atoms with Crippen LogP contribution in [-0.4, -0.2) is 62.0 Å². The third-order valence-corrected chi connectivity index (χ3v) is 7.65. The van der Waals surface area contributed by atoms with Crippen molar-refractivity contribution in [1.82, 2.24) is 9.29 Å². The van der Waals surface area contributed by atoms with Gasteiger partial charge in [0.15, 0.2) is 0 Å². The fraction of sp³-hybridized carbons (Fsp3) is 0.476. The topological polar surface area (TPSA) is 118 Å². The predicted octanol–water partition coefficient (Wildman–Crippen LogP) is 2.99. The van der Waals surface area contributed by atoms with Gasteiger partial charge in [0.05, 0.1) is 34.9 Å². The minimum Gasteiger partial charge on any atom is -0.378 e. The Morgan fingerprint density at radius 1 is 1.19 bits per heavy atom. The van der Waals surface area contributed by atoms with Crippen LogP contribution in [-0.2, 0) is 14.8 Å². The van der Waals surface area contributed by atoms with Crippen molar-refractivity contribution in [2.24, 2.45) is 5.92 Å². The van der Waals surface area contributed by atoms with Crippen molar-refractivity contribution in [2.45, 2.75) is 24.7 Å². The van der Waals surface area contributed by atoms with E-state index >= 15 is 0 Å². The summed E-state index contributed by atoms with van der Waals surface area (Å²) in [6.45, 7) is 5.70.